The Kier molecular flexibility index (Phi) is 7.62. The van der Waals surface area contributed by atoms with Gasteiger partial charge < -0.3 is 19.7 Å². The molecule has 5 heteroatoms. The molecule has 1 aliphatic rings. The fourth-order valence-electron chi connectivity index (χ4n) is 3.77. The maximum absolute atomic E-state index is 8.87. The maximum Gasteiger partial charge on any atom is 0.127 e. The summed E-state index contributed by atoms with van der Waals surface area (Å²) in [6.07, 6.45) is 3.76. The first-order valence-electron chi connectivity index (χ1n) is 11.2. The Morgan fingerprint density at radius 3 is 2.09 bits per heavy atom. The highest BCUT2D eigenvalue weighted by Crippen LogP contribution is 2.23. The van der Waals surface area contributed by atoms with Crippen LogP contribution in [0.15, 0.2) is 72.8 Å². The minimum atomic E-state index is 0.619. The van der Waals surface area contributed by atoms with E-state index in [2.05, 4.69) is 28.4 Å². The summed E-state index contributed by atoms with van der Waals surface area (Å²) in [7, 11) is 0. The van der Waals surface area contributed by atoms with E-state index in [4.69, 9.17) is 14.7 Å². The minimum absolute atomic E-state index is 0.619. The van der Waals surface area contributed by atoms with Crippen LogP contribution in [0.25, 0.3) is 0 Å². The Morgan fingerprint density at radius 1 is 0.812 bits per heavy atom. The van der Waals surface area contributed by atoms with Gasteiger partial charge in [-0.1, -0.05) is 12.1 Å². The molecule has 0 aliphatic carbocycles. The number of nitrogens with zero attached hydrogens (tertiary/aromatic N) is 2. The molecule has 0 spiro atoms. The fourth-order valence-corrected chi connectivity index (χ4v) is 3.77. The predicted molar refractivity (Wildman–Crippen MR) is 127 cm³/mol. The Morgan fingerprint density at radius 2 is 1.44 bits per heavy atom. The zero-order valence-electron chi connectivity index (χ0n) is 18.3. The van der Waals surface area contributed by atoms with Crippen molar-refractivity contribution in [1.29, 1.82) is 5.26 Å². The molecule has 0 radical (unpaired) electrons. The van der Waals surface area contributed by atoms with E-state index in [9.17, 15) is 0 Å². The molecule has 1 aliphatic heterocycles. The van der Waals surface area contributed by atoms with E-state index in [0.717, 1.165) is 43.3 Å². The third kappa shape index (κ3) is 6.50. The number of anilines is 1. The first-order chi connectivity index (χ1) is 15.8. The third-order valence-corrected chi connectivity index (χ3v) is 5.58. The van der Waals surface area contributed by atoms with Crippen LogP contribution in [-0.4, -0.2) is 31.1 Å². The number of hydrogen-bond donors (Lipinski definition) is 1. The largest absolute Gasteiger partial charge is 0.494 e. The van der Waals surface area contributed by atoms with Crippen molar-refractivity contribution in [3.8, 4) is 23.3 Å². The molecule has 0 atom stereocenters. The van der Waals surface area contributed by atoms with Gasteiger partial charge >= 0.3 is 0 Å². The molecule has 0 unspecified atom stereocenters. The molecule has 0 aromatic heterocycles. The minimum Gasteiger partial charge on any atom is -0.494 e. The summed E-state index contributed by atoms with van der Waals surface area (Å²) in [6, 6.07) is 25.3. The summed E-state index contributed by atoms with van der Waals surface area (Å²) in [4.78, 5) is 2.52. The molecule has 0 bridgehead atoms. The van der Waals surface area contributed by atoms with Gasteiger partial charge in [0.2, 0.25) is 0 Å². The molecular formula is C27H29N3O2. The predicted octanol–water partition coefficient (Wildman–Crippen LogP) is 5.83. The lowest BCUT2D eigenvalue weighted by molar-refractivity contribution is 0.263. The van der Waals surface area contributed by atoms with Crippen LogP contribution >= 0.6 is 0 Å². The molecule has 4 rings (SSSR count). The van der Waals surface area contributed by atoms with Crippen molar-refractivity contribution < 1.29 is 9.47 Å². The van der Waals surface area contributed by atoms with Gasteiger partial charge in [0.15, 0.2) is 0 Å². The van der Waals surface area contributed by atoms with Gasteiger partial charge in [-0.05, 0) is 98.6 Å². The molecule has 5 nitrogen and oxygen atoms in total. The van der Waals surface area contributed by atoms with Crippen molar-refractivity contribution in [1.82, 2.24) is 4.90 Å². The first-order valence-corrected chi connectivity index (χ1v) is 11.2. The van der Waals surface area contributed by atoms with E-state index in [-0.39, 0.29) is 0 Å². The summed E-state index contributed by atoms with van der Waals surface area (Å²) in [5, 5.41) is 12.3. The smallest absolute Gasteiger partial charge is 0.127 e. The van der Waals surface area contributed by atoms with Gasteiger partial charge in [-0.15, -0.1) is 0 Å². The molecule has 0 amide bonds. The van der Waals surface area contributed by atoms with E-state index in [1.54, 1.807) is 24.3 Å². The second-order valence-corrected chi connectivity index (χ2v) is 8.01. The van der Waals surface area contributed by atoms with Crippen LogP contribution < -0.4 is 14.8 Å². The summed E-state index contributed by atoms with van der Waals surface area (Å²) in [6.45, 7) is 5.14. The monoisotopic (exact) mass is 427 g/mol. The van der Waals surface area contributed by atoms with E-state index in [1.807, 2.05) is 36.4 Å². The summed E-state index contributed by atoms with van der Waals surface area (Å²) < 4.78 is 11.7. The van der Waals surface area contributed by atoms with Crippen LogP contribution in [0.2, 0.25) is 0 Å². The second-order valence-electron chi connectivity index (χ2n) is 8.01. The molecule has 32 heavy (non-hydrogen) atoms. The van der Waals surface area contributed by atoms with Gasteiger partial charge in [-0.2, -0.15) is 5.26 Å². The van der Waals surface area contributed by atoms with Crippen LogP contribution in [0.3, 0.4) is 0 Å². The normalized spacial score (nSPS) is 13.5. The lowest BCUT2D eigenvalue weighted by Crippen LogP contribution is -2.21. The standard InChI is InChI=1S/C27H29N3O2/c28-20-22-4-12-26(13-5-22)32-27-14-8-24(9-15-27)29-21-23-6-10-25(11-7-23)31-19-3-18-30-16-1-2-17-30/h4-15,29H,1-3,16-19,21H2. The van der Waals surface area contributed by atoms with Crippen molar-refractivity contribution >= 4 is 5.69 Å². The quantitative estimate of drug-likeness (QED) is 0.413. The highest BCUT2D eigenvalue weighted by molar-refractivity contribution is 5.48. The van der Waals surface area contributed by atoms with E-state index in [0.29, 0.717) is 11.3 Å². The fraction of sp³-hybridized carbons (Fsp3) is 0.296. The lowest BCUT2D eigenvalue weighted by atomic mass is 10.2. The van der Waals surface area contributed by atoms with E-state index < -0.39 is 0 Å². The van der Waals surface area contributed by atoms with E-state index in [1.165, 1.54) is 31.5 Å². The number of hydrogen-bond acceptors (Lipinski definition) is 5. The van der Waals surface area contributed by atoms with Gasteiger partial charge in [-0.25, -0.2) is 0 Å². The van der Waals surface area contributed by atoms with Crippen LogP contribution in [0.4, 0.5) is 5.69 Å². The highest BCUT2D eigenvalue weighted by atomic mass is 16.5. The summed E-state index contributed by atoms with van der Waals surface area (Å²) in [5.74, 6) is 2.40. The molecule has 164 valence electrons. The van der Waals surface area contributed by atoms with Gasteiger partial charge in [0.25, 0.3) is 0 Å². The van der Waals surface area contributed by atoms with Crippen molar-refractivity contribution in [2.45, 2.75) is 25.8 Å². The average molecular weight is 428 g/mol. The summed E-state index contributed by atoms with van der Waals surface area (Å²) in [5.41, 5.74) is 2.85. The van der Waals surface area contributed by atoms with E-state index >= 15 is 0 Å². The van der Waals surface area contributed by atoms with Crippen LogP contribution in [0.1, 0.15) is 30.4 Å². The molecular weight excluding hydrogens is 398 g/mol. The van der Waals surface area contributed by atoms with Gasteiger partial charge in [0.1, 0.15) is 17.2 Å². The van der Waals surface area contributed by atoms with Crippen molar-refractivity contribution in [2.75, 3.05) is 31.6 Å². The van der Waals surface area contributed by atoms with Gasteiger partial charge in [0.05, 0.1) is 18.2 Å². The SMILES string of the molecule is N#Cc1ccc(Oc2ccc(NCc3ccc(OCCCN4CCCC4)cc3)cc2)cc1. The molecule has 1 heterocycles. The van der Waals surface area contributed by atoms with Gasteiger partial charge in [0, 0.05) is 18.8 Å². The Bertz CT molecular complexity index is 1000. The zero-order chi connectivity index (χ0) is 22.0. The molecule has 1 N–H and O–H groups in total. The number of rotatable bonds is 10. The van der Waals surface area contributed by atoms with Crippen molar-refractivity contribution in [2.24, 2.45) is 0 Å². The Hall–Kier alpha value is -3.49. The van der Waals surface area contributed by atoms with Crippen LogP contribution in [0, 0.1) is 11.3 Å². The number of likely N-dealkylation sites (tertiary alicyclic amines) is 1. The molecule has 1 fully saturated rings. The highest BCUT2D eigenvalue weighted by Gasteiger charge is 2.10. The molecule has 0 saturated carbocycles. The van der Waals surface area contributed by atoms with Gasteiger partial charge in [-0.3, -0.25) is 0 Å². The zero-order valence-corrected chi connectivity index (χ0v) is 18.3. The Balaban J connectivity index is 1.18. The van der Waals surface area contributed by atoms with Crippen molar-refractivity contribution in [3.63, 3.8) is 0 Å². The number of ether oxygens (including phenoxy) is 2. The number of benzene rings is 3. The first kappa shape index (κ1) is 21.7. The number of nitrogens with one attached hydrogen (secondary N) is 1. The van der Waals surface area contributed by atoms with Crippen molar-refractivity contribution in [3.05, 3.63) is 83.9 Å². The second kappa shape index (κ2) is 11.2. The Labute approximate surface area is 190 Å². The number of nitriles is 1. The molecule has 1 saturated heterocycles. The lowest BCUT2D eigenvalue weighted by Gasteiger charge is -2.14. The van der Waals surface area contributed by atoms with Crippen LogP contribution in [-0.2, 0) is 6.54 Å². The average Bonchev–Trinajstić information content (AvgIpc) is 3.36. The van der Waals surface area contributed by atoms with Crippen LogP contribution in [0.5, 0.6) is 17.2 Å². The molecule has 3 aromatic rings. The topological polar surface area (TPSA) is 57.5 Å². The maximum atomic E-state index is 8.87. The molecule has 3 aromatic carbocycles. The third-order valence-electron chi connectivity index (χ3n) is 5.58. The summed E-state index contributed by atoms with van der Waals surface area (Å²) >= 11 is 0.